The van der Waals surface area contributed by atoms with Crippen LogP contribution in [0, 0.1) is 30.4 Å². The summed E-state index contributed by atoms with van der Waals surface area (Å²) >= 11 is 6.12. The number of benzene rings is 3. The molecule has 0 aliphatic heterocycles. The fourth-order valence-corrected chi connectivity index (χ4v) is 4.00. The molecule has 3 aromatic rings. The number of nitrogens with two attached hydrogens (primary N) is 1. The second kappa shape index (κ2) is 10.9. The van der Waals surface area contributed by atoms with E-state index in [1.165, 1.54) is 43.3 Å². The van der Waals surface area contributed by atoms with Gasteiger partial charge in [-0.15, -0.1) is 0 Å². The van der Waals surface area contributed by atoms with Crippen molar-refractivity contribution in [3.63, 3.8) is 0 Å². The molecule has 1 saturated carbocycles. The Morgan fingerprint density at radius 2 is 1.87 bits per heavy atom. The van der Waals surface area contributed by atoms with Crippen LogP contribution in [0.4, 0.5) is 14.5 Å². The van der Waals surface area contributed by atoms with Crippen LogP contribution in [-0.2, 0) is 4.79 Å². The molecule has 0 unspecified atom stereocenters. The van der Waals surface area contributed by atoms with Gasteiger partial charge in [0.1, 0.15) is 17.4 Å². The number of carbonyl (C=O) groups is 2. The number of anilines is 1. The van der Waals surface area contributed by atoms with Gasteiger partial charge in [0.15, 0.2) is 12.4 Å². The van der Waals surface area contributed by atoms with Crippen LogP contribution in [0.2, 0.25) is 5.02 Å². The summed E-state index contributed by atoms with van der Waals surface area (Å²) in [5, 5.41) is 2.90. The van der Waals surface area contributed by atoms with Gasteiger partial charge in [-0.3, -0.25) is 9.59 Å². The third-order valence-corrected chi connectivity index (χ3v) is 6.19. The predicted octanol–water partition coefficient (Wildman–Crippen LogP) is 6.14. The van der Waals surface area contributed by atoms with Gasteiger partial charge in [0.2, 0.25) is 0 Å². The maximum absolute atomic E-state index is 14.8. The van der Waals surface area contributed by atoms with E-state index >= 15 is 0 Å². The Morgan fingerprint density at radius 1 is 1.13 bits per heavy atom. The fourth-order valence-electron chi connectivity index (χ4n) is 3.83. The topological polar surface area (TPSA) is 81.4 Å². The first-order valence-corrected chi connectivity index (χ1v) is 12.5. The van der Waals surface area contributed by atoms with E-state index in [9.17, 15) is 18.4 Å². The summed E-state index contributed by atoms with van der Waals surface area (Å²) in [5.74, 6) is 3.77. The molecule has 0 heterocycles. The van der Waals surface area contributed by atoms with E-state index in [1.807, 2.05) is 0 Å². The lowest BCUT2D eigenvalue weighted by Crippen LogP contribution is -2.29. The third-order valence-electron chi connectivity index (χ3n) is 5.96. The van der Waals surface area contributed by atoms with Gasteiger partial charge >= 0.3 is 0 Å². The smallest absolute Gasteiger partial charge is 0.262 e. The maximum Gasteiger partial charge on any atom is 0.262 e. The van der Waals surface area contributed by atoms with Crippen LogP contribution >= 0.6 is 11.6 Å². The third kappa shape index (κ3) is 6.77. The molecular formula is C30H27ClF2N2O3. The maximum atomic E-state index is 14.8. The average Bonchev–Trinajstić information content (AvgIpc) is 3.70. The Labute approximate surface area is 225 Å². The summed E-state index contributed by atoms with van der Waals surface area (Å²) in [6.45, 7) is 4.49. The average molecular weight is 537 g/mol. The number of ether oxygens (including phenoxy) is 1. The molecule has 1 aliphatic carbocycles. The molecule has 0 radical (unpaired) electrons. The first-order chi connectivity index (χ1) is 17.9. The fraction of sp³-hybridized carbons (Fsp3) is 0.267. The van der Waals surface area contributed by atoms with Gasteiger partial charge in [0.05, 0.1) is 16.7 Å². The largest absolute Gasteiger partial charge is 0.483 e. The number of halogens is 3. The Hall–Kier alpha value is -3.73. The molecule has 5 nitrogen and oxygen atoms in total. The first-order valence-electron chi connectivity index (χ1n) is 12.1. The number of rotatable bonds is 7. The van der Waals surface area contributed by atoms with E-state index in [4.69, 9.17) is 22.1 Å². The zero-order valence-corrected chi connectivity index (χ0v) is 22.0. The van der Waals surface area contributed by atoms with E-state index in [0.29, 0.717) is 0 Å². The molecule has 1 aliphatic rings. The number of hydrogen-bond acceptors (Lipinski definition) is 4. The molecule has 0 spiro atoms. The van der Waals surface area contributed by atoms with Gasteiger partial charge in [-0.05, 0) is 93.6 Å². The highest BCUT2D eigenvalue weighted by molar-refractivity contribution is 6.31. The van der Waals surface area contributed by atoms with E-state index in [0.717, 1.165) is 18.4 Å². The summed E-state index contributed by atoms with van der Waals surface area (Å²) in [4.78, 5) is 25.9. The van der Waals surface area contributed by atoms with Crippen molar-refractivity contribution in [2.45, 2.75) is 45.1 Å². The summed E-state index contributed by atoms with van der Waals surface area (Å²) in [7, 11) is 0. The second-order valence-corrected chi connectivity index (χ2v) is 10.4. The number of hydrogen-bond donors (Lipinski definition) is 2. The Morgan fingerprint density at radius 3 is 2.55 bits per heavy atom. The van der Waals surface area contributed by atoms with Crippen LogP contribution in [-0.4, -0.2) is 23.8 Å². The van der Waals surface area contributed by atoms with Crippen LogP contribution in [0.3, 0.4) is 0 Å². The van der Waals surface area contributed by atoms with Crippen LogP contribution in [0.5, 0.6) is 5.75 Å². The molecular weight excluding hydrogens is 510 g/mol. The standard InChI is InChI=1S/C30H27ClF2N2O3/c1-17-25(8-6-19(28(17)33)10-11-30(2,3)34)35-27(36)16-38-26-9-7-22(31)15-24(26)29(37)21-12-20(18-4-5-18)13-23(32)14-21/h6-9,12-15,18H,4-5,16,34H2,1-3H3,(H,35,36). The number of amides is 1. The SMILES string of the molecule is Cc1c(NC(=O)COc2ccc(Cl)cc2C(=O)c2cc(F)cc(C3CC3)c2)ccc(C#CC(C)(C)N)c1F. The molecule has 3 N–H and O–H groups in total. The van der Waals surface area contributed by atoms with Crippen LogP contribution in [0.25, 0.3) is 0 Å². The van der Waals surface area contributed by atoms with Gasteiger partial charge in [0.25, 0.3) is 5.91 Å². The lowest BCUT2D eigenvalue weighted by molar-refractivity contribution is -0.118. The van der Waals surface area contributed by atoms with Crippen LogP contribution < -0.4 is 15.8 Å². The van der Waals surface area contributed by atoms with E-state index in [1.54, 1.807) is 26.0 Å². The van der Waals surface area contributed by atoms with Crippen LogP contribution in [0.1, 0.15) is 65.2 Å². The monoisotopic (exact) mass is 536 g/mol. The Kier molecular flexibility index (Phi) is 7.86. The van der Waals surface area contributed by atoms with Crippen molar-refractivity contribution in [2.24, 2.45) is 5.73 Å². The highest BCUT2D eigenvalue weighted by Gasteiger charge is 2.26. The van der Waals surface area contributed by atoms with Crippen molar-refractivity contribution in [3.8, 4) is 17.6 Å². The zero-order valence-electron chi connectivity index (χ0n) is 21.3. The second-order valence-electron chi connectivity index (χ2n) is 9.93. The van der Waals surface area contributed by atoms with Crippen molar-refractivity contribution in [1.82, 2.24) is 0 Å². The zero-order chi connectivity index (χ0) is 27.6. The molecule has 0 aromatic heterocycles. The van der Waals surface area contributed by atoms with E-state index < -0.39 is 35.5 Å². The normalized spacial score (nSPS) is 12.9. The van der Waals surface area contributed by atoms with Crippen molar-refractivity contribution in [1.29, 1.82) is 0 Å². The Balaban J connectivity index is 1.49. The van der Waals surface area contributed by atoms with Gasteiger partial charge < -0.3 is 15.8 Å². The van der Waals surface area contributed by atoms with Gasteiger partial charge in [-0.25, -0.2) is 8.78 Å². The molecule has 8 heteroatoms. The number of ketones is 1. The van der Waals surface area contributed by atoms with Gasteiger partial charge in [-0.1, -0.05) is 23.4 Å². The highest BCUT2D eigenvalue weighted by atomic mass is 35.5. The quantitative estimate of drug-likeness (QED) is 0.281. The predicted molar refractivity (Wildman–Crippen MR) is 144 cm³/mol. The summed E-state index contributed by atoms with van der Waals surface area (Å²) in [6, 6.07) is 11.7. The van der Waals surface area contributed by atoms with Crippen molar-refractivity contribution in [3.05, 3.63) is 93.0 Å². The summed E-state index contributed by atoms with van der Waals surface area (Å²) in [5.41, 5.74) is 6.75. The molecule has 38 heavy (non-hydrogen) atoms. The minimum atomic E-state index is -0.777. The van der Waals surface area contributed by atoms with Crippen LogP contribution in [0.15, 0.2) is 48.5 Å². The highest BCUT2D eigenvalue weighted by Crippen LogP contribution is 2.41. The van der Waals surface area contributed by atoms with Gasteiger partial charge in [0, 0.05) is 21.8 Å². The molecule has 1 fully saturated rings. The van der Waals surface area contributed by atoms with Gasteiger partial charge in [-0.2, -0.15) is 0 Å². The van der Waals surface area contributed by atoms with Crippen molar-refractivity contribution in [2.75, 3.05) is 11.9 Å². The Bertz CT molecular complexity index is 1480. The minimum Gasteiger partial charge on any atom is -0.483 e. The molecule has 0 bridgehead atoms. The minimum absolute atomic E-state index is 0.102. The molecule has 1 amide bonds. The first kappa shape index (κ1) is 27.3. The number of carbonyl (C=O) groups excluding carboxylic acids is 2. The molecule has 4 rings (SSSR count). The molecule has 0 atom stereocenters. The van der Waals surface area contributed by atoms with E-state index in [2.05, 4.69) is 17.2 Å². The summed E-state index contributed by atoms with van der Waals surface area (Å²) in [6.07, 6.45) is 1.92. The summed E-state index contributed by atoms with van der Waals surface area (Å²) < 4.78 is 34.6. The lowest BCUT2D eigenvalue weighted by Gasteiger charge is -2.14. The van der Waals surface area contributed by atoms with Crippen molar-refractivity contribution < 1.29 is 23.1 Å². The molecule has 3 aromatic carbocycles. The van der Waals surface area contributed by atoms with E-state index in [-0.39, 0.29) is 44.6 Å². The molecule has 0 saturated heterocycles. The lowest BCUT2D eigenvalue weighted by atomic mass is 9.99. The molecule has 196 valence electrons. The number of nitrogens with one attached hydrogen (secondary N) is 1. The van der Waals surface area contributed by atoms with Crippen molar-refractivity contribution >= 4 is 29.0 Å².